The summed E-state index contributed by atoms with van der Waals surface area (Å²) in [6, 6.07) is 4.39. The third-order valence-corrected chi connectivity index (χ3v) is 6.31. The third kappa shape index (κ3) is 3.72. The van der Waals surface area contributed by atoms with Crippen molar-refractivity contribution in [2.45, 2.75) is 32.0 Å². The predicted molar refractivity (Wildman–Crippen MR) is 108 cm³/mol. The lowest BCUT2D eigenvalue weighted by atomic mass is 10.0. The Morgan fingerprint density at radius 3 is 2.61 bits per heavy atom. The summed E-state index contributed by atoms with van der Waals surface area (Å²) in [6.45, 7) is 0.0939. The molecule has 4 rings (SSSR count). The molecule has 1 saturated heterocycles. The van der Waals surface area contributed by atoms with Crippen LogP contribution in [0.5, 0.6) is 0 Å². The van der Waals surface area contributed by atoms with E-state index < -0.39 is 23.0 Å². The van der Waals surface area contributed by atoms with Crippen molar-refractivity contribution in [2.75, 3.05) is 4.90 Å². The quantitative estimate of drug-likeness (QED) is 0.407. The van der Waals surface area contributed by atoms with Crippen molar-refractivity contribution >= 4 is 46.5 Å². The largest absolute Gasteiger partial charge is 0.465 e. The number of nitrogens with zero attached hydrogens (tertiary/aromatic N) is 3. The van der Waals surface area contributed by atoms with Crippen LogP contribution in [0.2, 0.25) is 0 Å². The van der Waals surface area contributed by atoms with Gasteiger partial charge in [-0.2, -0.15) is 0 Å². The minimum absolute atomic E-state index is 0.0520. The number of hydrogen-bond acceptors (Lipinski definition) is 7. The molecule has 1 fully saturated rings. The summed E-state index contributed by atoms with van der Waals surface area (Å²) in [4.78, 5) is 61.5. The fourth-order valence-corrected chi connectivity index (χ4v) is 4.73. The summed E-state index contributed by atoms with van der Waals surface area (Å²) in [5.41, 5.74) is 1.16. The summed E-state index contributed by atoms with van der Waals surface area (Å²) in [7, 11) is 0. The van der Waals surface area contributed by atoms with Crippen molar-refractivity contribution in [1.82, 2.24) is 10.2 Å². The molecule has 12 heteroatoms. The first kappa shape index (κ1) is 20.5. The fourth-order valence-electron chi connectivity index (χ4n) is 3.70. The van der Waals surface area contributed by atoms with E-state index in [0.29, 0.717) is 16.0 Å². The van der Waals surface area contributed by atoms with Gasteiger partial charge < -0.3 is 10.0 Å². The molecule has 2 aromatic rings. The van der Waals surface area contributed by atoms with Crippen LogP contribution in [0.25, 0.3) is 0 Å². The summed E-state index contributed by atoms with van der Waals surface area (Å²) in [5, 5.41) is 24.4. The topological polar surface area (TPSA) is 150 Å². The monoisotopic (exact) mass is 444 g/mol. The van der Waals surface area contributed by atoms with E-state index in [9.17, 15) is 34.4 Å². The van der Waals surface area contributed by atoms with Crippen LogP contribution < -0.4 is 10.2 Å². The molecule has 31 heavy (non-hydrogen) atoms. The highest BCUT2D eigenvalue weighted by atomic mass is 32.1. The molecule has 1 unspecified atom stereocenters. The van der Waals surface area contributed by atoms with Crippen LogP contribution >= 0.6 is 11.3 Å². The molecule has 0 bridgehead atoms. The van der Waals surface area contributed by atoms with Crippen molar-refractivity contribution < 1.29 is 29.2 Å². The SMILES string of the molecule is O=C1CCC(N2Cc3c(csc3CN(C(=O)O)c3ccc([N+](=O)[O-])cc3)C2=O)C(=O)N1. The highest BCUT2D eigenvalue weighted by Crippen LogP contribution is 2.35. The van der Waals surface area contributed by atoms with Gasteiger partial charge in [-0.1, -0.05) is 0 Å². The van der Waals surface area contributed by atoms with Crippen molar-refractivity contribution in [3.8, 4) is 0 Å². The molecule has 160 valence electrons. The number of non-ortho nitro benzene ring substituents is 1. The molecule has 0 aliphatic carbocycles. The average Bonchev–Trinajstić information content (AvgIpc) is 3.26. The number of nitro groups is 1. The number of carbonyl (C=O) groups is 4. The van der Waals surface area contributed by atoms with Crippen molar-refractivity contribution in [1.29, 1.82) is 0 Å². The molecule has 1 aromatic heterocycles. The van der Waals surface area contributed by atoms with Crippen LogP contribution in [0.4, 0.5) is 16.2 Å². The maximum atomic E-state index is 12.8. The van der Waals surface area contributed by atoms with Gasteiger partial charge in [0, 0.05) is 46.6 Å². The Kier molecular flexibility index (Phi) is 5.15. The van der Waals surface area contributed by atoms with Gasteiger partial charge in [0.25, 0.3) is 11.6 Å². The van der Waals surface area contributed by atoms with E-state index in [4.69, 9.17) is 0 Å². The van der Waals surface area contributed by atoms with Crippen molar-refractivity contribution in [2.24, 2.45) is 0 Å². The lowest BCUT2D eigenvalue weighted by Crippen LogP contribution is -2.52. The number of hydrogen-bond donors (Lipinski definition) is 2. The molecule has 0 saturated carbocycles. The van der Waals surface area contributed by atoms with E-state index in [2.05, 4.69) is 5.32 Å². The number of thiophene rings is 1. The summed E-state index contributed by atoms with van der Waals surface area (Å²) < 4.78 is 0. The maximum absolute atomic E-state index is 12.8. The molecule has 2 aliphatic heterocycles. The fraction of sp³-hybridized carbons (Fsp3) is 0.263. The average molecular weight is 444 g/mol. The molecule has 2 N–H and O–H groups in total. The lowest BCUT2D eigenvalue weighted by Gasteiger charge is -2.29. The van der Waals surface area contributed by atoms with Crippen LogP contribution in [0.15, 0.2) is 29.6 Å². The van der Waals surface area contributed by atoms with Gasteiger partial charge in [-0.15, -0.1) is 11.3 Å². The molecule has 1 aromatic carbocycles. The Labute approximate surface area is 179 Å². The number of benzene rings is 1. The maximum Gasteiger partial charge on any atom is 0.412 e. The molecule has 3 heterocycles. The van der Waals surface area contributed by atoms with Gasteiger partial charge in [-0.05, 0) is 18.6 Å². The van der Waals surface area contributed by atoms with Gasteiger partial charge in [-0.3, -0.25) is 34.7 Å². The first-order chi connectivity index (χ1) is 14.8. The second-order valence-corrected chi connectivity index (χ2v) is 8.06. The molecular weight excluding hydrogens is 428 g/mol. The van der Waals surface area contributed by atoms with Gasteiger partial charge >= 0.3 is 6.09 Å². The number of imide groups is 1. The van der Waals surface area contributed by atoms with Crippen LogP contribution in [0.3, 0.4) is 0 Å². The standard InChI is InChI=1S/C19H16N4O7S/c24-16-6-5-14(17(25)20-16)22-7-12-13(18(22)26)9-31-15(12)8-21(19(27)28)10-1-3-11(4-2-10)23(29)30/h1-4,9,14H,5-8H2,(H,27,28)(H,20,24,25). The number of nitro benzene ring substituents is 1. The van der Waals surface area contributed by atoms with Crippen LogP contribution in [-0.4, -0.2) is 44.8 Å². The predicted octanol–water partition coefficient (Wildman–Crippen LogP) is 2.10. The summed E-state index contributed by atoms with van der Waals surface area (Å²) in [6.07, 6.45) is -0.863. The minimum atomic E-state index is -1.25. The number of amides is 4. The molecule has 1 atom stereocenters. The van der Waals surface area contributed by atoms with Gasteiger partial charge in [-0.25, -0.2) is 4.79 Å². The minimum Gasteiger partial charge on any atom is -0.465 e. The normalized spacial score (nSPS) is 18.0. The van der Waals surface area contributed by atoms with Crippen LogP contribution in [0.1, 0.15) is 33.6 Å². The Morgan fingerprint density at radius 2 is 2.00 bits per heavy atom. The second-order valence-electron chi connectivity index (χ2n) is 7.09. The smallest absolute Gasteiger partial charge is 0.412 e. The summed E-state index contributed by atoms with van der Waals surface area (Å²) in [5.74, 6) is -1.22. The van der Waals surface area contributed by atoms with E-state index in [-0.39, 0.29) is 49.1 Å². The Balaban J connectivity index is 1.56. The number of anilines is 1. The van der Waals surface area contributed by atoms with Crippen molar-refractivity contribution in [3.05, 3.63) is 55.8 Å². The van der Waals surface area contributed by atoms with Crippen molar-refractivity contribution in [3.63, 3.8) is 0 Å². The lowest BCUT2D eigenvalue weighted by molar-refractivity contribution is -0.384. The zero-order valence-corrected chi connectivity index (χ0v) is 16.8. The van der Waals surface area contributed by atoms with E-state index in [1.54, 1.807) is 5.38 Å². The summed E-state index contributed by atoms with van der Waals surface area (Å²) >= 11 is 1.24. The number of rotatable bonds is 5. The highest BCUT2D eigenvalue weighted by molar-refractivity contribution is 7.10. The van der Waals surface area contributed by atoms with Gasteiger partial charge in [0.15, 0.2) is 0 Å². The molecule has 11 nitrogen and oxygen atoms in total. The third-order valence-electron chi connectivity index (χ3n) is 5.29. The Hall–Kier alpha value is -3.80. The first-order valence-corrected chi connectivity index (χ1v) is 10.1. The zero-order chi connectivity index (χ0) is 22.3. The number of piperidine rings is 1. The Bertz CT molecular complexity index is 1110. The second kappa shape index (κ2) is 7.80. The van der Waals surface area contributed by atoms with E-state index in [0.717, 1.165) is 4.90 Å². The number of nitrogens with one attached hydrogen (secondary N) is 1. The van der Waals surface area contributed by atoms with E-state index in [1.165, 1.54) is 40.5 Å². The number of carboxylic acid groups (broad SMARTS) is 1. The van der Waals surface area contributed by atoms with Gasteiger partial charge in [0.1, 0.15) is 6.04 Å². The van der Waals surface area contributed by atoms with Gasteiger partial charge in [0.05, 0.1) is 17.0 Å². The van der Waals surface area contributed by atoms with Gasteiger partial charge in [0.2, 0.25) is 11.8 Å². The molecule has 4 amide bonds. The van der Waals surface area contributed by atoms with Crippen LogP contribution in [-0.2, 0) is 22.7 Å². The Morgan fingerprint density at radius 1 is 1.29 bits per heavy atom. The molecule has 2 aliphatic rings. The molecule has 0 spiro atoms. The number of carbonyl (C=O) groups excluding carboxylic acids is 3. The first-order valence-electron chi connectivity index (χ1n) is 9.25. The van der Waals surface area contributed by atoms with E-state index >= 15 is 0 Å². The molecule has 0 radical (unpaired) electrons. The van der Waals surface area contributed by atoms with E-state index in [1.807, 2.05) is 0 Å². The number of fused-ring (bicyclic) bond motifs is 1. The molecular formula is C19H16N4O7S. The van der Waals surface area contributed by atoms with Crippen LogP contribution in [0, 0.1) is 10.1 Å². The zero-order valence-electron chi connectivity index (χ0n) is 15.9. The highest BCUT2D eigenvalue weighted by Gasteiger charge is 2.40.